The molecule has 0 aromatic heterocycles. The Labute approximate surface area is 116 Å². The largest absolute Gasteiger partial charge is 0.497 e. The molecule has 0 saturated heterocycles. The molecule has 0 heterocycles. The zero-order valence-electron chi connectivity index (χ0n) is 10.4. The lowest BCUT2D eigenvalue weighted by Crippen LogP contribution is -2.11. The highest BCUT2D eigenvalue weighted by Crippen LogP contribution is 2.19. The predicted octanol–water partition coefficient (Wildman–Crippen LogP) is 3.61. The lowest BCUT2D eigenvalue weighted by molar-refractivity contribution is 0.0921. The highest BCUT2D eigenvalue weighted by Gasteiger charge is 2.10. The Morgan fingerprint density at radius 3 is 2.32 bits per heavy atom. The van der Waals surface area contributed by atoms with Crippen LogP contribution in [0.4, 0.5) is 0 Å². The SMILES string of the molecule is COc1ccc(OCC(=O)c2ccccc2Cl)cc1. The van der Waals surface area contributed by atoms with Gasteiger partial charge in [0.1, 0.15) is 11.5 Å². The van der Waals surface area contributed by atoms with Crippen molar-refractivity contribution < 1.29 is 14.3 Å². The van der Waals surface area contributed by atoms with Crippen molar-refractivity contribution in [3.05, 3.63) is 59.1 Å². The molecule has 3 nitrogen and oxygen atoms in total. The Bertz CT molecular complexity index is 564. The minimum atomic E-state index is -0.151. The van der Waals surface area contributed by atoms with Gasteiger partial charge < -0.3 is 9.47 Å². The number of benzene rings is 2. The summed E-state index contributed by atoms with van der Waals surface area (Å²) in [7, 11) is 1.59. The van der Waals surface area contributed by atoms with Crippen LogP contribution in [0, 0.1) is 0 Å². The van der Waals surface area contributed by atoms with Crippen LogP contribution < -0.4 is 9.47 Å². The zero-order valence-corrected chi connectivity index (χ0v) is 11.2. The van der Waals surface area contributed by atoms with Crippen LogP contribution in [0.2, 0.25) is 5.02 Å². The second kappa shape index (κ2) is 6.25. The molecule has 98 valence electrons. The monoisotopic (exact) mass is 276 g/mol. The molecule has 0 atom stereocenters. The van der Waals surface area contributed by atoms with Gasteiger partial charge in [-0.25, -0.2) is 0 Å². The summed E-state index contributed by atoms with van der Waals surface area (Å²) in [6.07, 6.45) is 0. The minimum Gasteiger partial charge on any atom is -0.497 e. The van der Waals surface area contributed by atoms with E-state index in [1.165, 1.54) is 0 Å². The summed E-state index contributed by atoms with van der Waals surface area (Å²) in [4.78, 5) is 11.9. The van der Waals surface area contributed by atoms with Gasteiger partial charge >= 0.3 is 0 Å². The predicted molar refractivity (Wildman–Crippen MR) is 74.3 cm³/mol. The van der Waals surface area contributed by atoms with Crippen LogP contribution in [0.1, 0.15) is 10.4 Å². The van der Waals surface area contributed by atoms with Crippen molar-refractivity contribution >= 4 is 17.4 Å². The molecular formula is C15H13ClO3. The molecule has 0 aliphatic heterocycles. The smallest absolute Gasteiger partial charge is 0.201 e. The third-order valence-electron chi connectivity index (χ3n) is 2.60. The normalized spacial score (nSPS) is 10.0. The molecule has 0 radical (unpaired) electrons. The summed E-state index contributed by atoms with van der Waals surface area (Å²) < 4.78 is 10.5. The van der Waals surface area contributed by atoms with Gasteiger partial charge in [-0.05, 0) is 36.4 Å². The second-order valence-corrected chi connectivity index (χ2v) is 4.27. The van der Waals surface area contributed by atoms with Crippen LogP contribution in [-0.4, -0.2) is 19.5 Å². The van der Waals surface area contributed by atoms with Crippen molar-refractivity contribution in [1.82, 2.24) is 0 Å². The van der Waals surface area contributed by atoms with Gasteiger partial charge in [-0.15, -0.1) is 0 Å². The first-order valence-corrected chi connectivity index (χ1v) is 6.13. The molecule has 4 heteroatoms. The highest BCUT2D eigenvalue weighted by atomic mass is 35.5. The van der Waals surface area contributed by atoms with E-state index in [9.17, 15) is 4.79 Å². The van der Waals surface area contributed by atoms with E-state index >= 15 is 0 Å². The Balaban J connectivity index is 1.98. The summed E-state index contributed by atoms with van der Waals surface area (Å²) in [5, 5.41) is 0.436. The van der Waals surface area contributed by atoms with Crippen LogP contribution in [0.3, 0.4) is 0 Å². The number of methoxy groups -OCH3 is 1. The molecule has 0 aliphatic rings. The van der Waals surface area contributed by atoms with Gasteiger partial charge in [-0.1, -0.05) is 23.7 Å². The number of ether oxygens (including phenoxy) is 2. The van der Waals surface area contributed by atoms with Crippen LogP contribution in [-0.2, 0) is 0 Å². The van der Waals surface area contributed by atoms with E-state index in [0.717, 1.165) is 5.75 Å². The van der Waals surface area contributed by atoms with E-state index in [1.807, 2.05) is 0 Å². The van der Waals surface area contributed by atoms with Gasteiger partial charge in [0, 0.05) is 5.56 Å². The summed E-state index contributed by atoms with van der Waals surface area (Å²) in [5.74, 6) is 1.20. The molecule has 2 rings (SSSR count). The van der Waals surface area contributed by atoms with Crippen LogP contribution >= 0.6 is 11.6 Å². The summed E-state index contributed by atoms with van der Waals surface area (Å²) in [5.41, 5.74) is 0.470. The zero-order chi connectivity index (χ0) is 13.7. The van der Waals surface area contributed by atoms with Gasteiger partial charge in [-0.2, -0.15) is 0 Å². The molecule has 0 bridgehead atoms. The minimum absolute atomic E-state index is 0.0456. The first-order valence-electron chi connectivity index (χ1n) is 5.75. The molecule has 0 spiro atoms. The number of hydrogen-bond acceptors (Lipinski definition) is 3. The third-order valence-corrected chi connectivity index (χ3v) is 2.93. The van der Waals surface area contributed by atoms with E-state index in [1.54, 1.807) is 55.6 Å². The fraction of sp³-hybridized carbons (Fsp3) is 0.133. The van der Waals surface area contributed by atoms with Crippen molar-refractivity contribution in [1.29, 1.82) is 0 Å². The highest BCUT2D eigenvalue weighted by molar-refractivity contribution is 6.34. The van der Waals surface area contributed by atoms with Gasteiger partial charge in [0.15, 0.2) is 6.61 Å². The fourth-order valence-corrected chi connectivity index (χ4v) is 1.83. The lowest BCUT2D eigenvalue weighted by atomic mass is 10.1. The molecule has 0 fully saturated rings. The van der Waals surface area contributed by atoms with Crippen molar-refractivity contribution in [3.8, 4) is 11.5 Å². The number of hydrogen-bond donors (Lipinski definition) is 0. The molecule has 0 N–H and O–H groups in total. The second-order valence-electron chi connectivity index (χ2n) is 3.87. The van der Waals surface area contributed by atoms with Crippen molar-refractivity contribution in [3.63, 3.8) is 0 Å². The summed E-state index contributed by atoms with van der Waals surface area (Å²) >= 11 is 5.95. The average molecular weight is 277 g/mol. The molecule has 0 aliphatic carbocycles. The number of ketones is 1. The standard InChI is InChI=1S/C15H13ClO3/c1-18-11-6-8-12(9-7-11)19-10-15(17)13-4-2-3-5-14(13)16/h2-9H,10H2,1H3. The third kappa shape index (κ3) is 3.48. The molecule has 2 aromatic rings. The quantitative estimate of drug-likeness (QED) is 0.783. The van der Waals surface area contributed by atoms with Crippen molar-refractivity contribution in [2.45, 2.75) is 0 Å². The molecule has 0 amide bonds. The topological polar surface area (TPSA) is 35.5 Å². The van der Waals surface area contributed by atoms with E-state index in [0.29, 0.717) is 16.3 Å². The van der Waals surface area contributed by atoms with Gasteiger partial charge in [0.05, 0.1) is 12.1 Å². The summed E-state index contributed by atoms with van der Waals surface area (Å²) in [6.45, 7) is -0.0456. The first-order chi connectivity index (χ1) is 9.20. The number of carbonyl (C=O) groups excluding carboxylic acids is 1. The molecular weight excluding hydrogens is 264 g/mol. The van der Waals surface area contributed by atoms with E-state index < -0.39 is 0 Å². The first kappa shape index (κ1) is 13.4. The van der Waals surface area contributed by atoms with Gasteiger partial charge in [0.25, 0.3) is 0 Å². The van der Waals surface area contributed by atoms with E-state index in [-0.39, 0.29) is 12.4 Å². The van der Waals surface area contributed by atoms with E-state index in [2.05, 4.69) is 0 Å². The van der Waals surface area contributed by atoms with Crippen LogP contribution in [0.15, 0.2) is 48.5 Å². The molecule has 19 heavy (non-hydrogen) atoms. The maximum Gasteiger partial charge on any atom is 0.201 e. The van der Waals surface area contributed by atoms with Crippen LogP contribution in [0.5, 0.6) is 11.5 Å². The Kier molecular flexibility index (Phi) is 4.42. The molecule has 0 saturated carbocycles. The summed E-state index contributed by atoms with van der Waals surface area (Å²) in [6, 6.07) is 14.0. The molecule has 2 aromatic carbocycles. The fourth-order valence-electron chi connectivity index (χ4n) is 1.59. The molecule has 0 unspecified atom stereocenters. The lowest BCUT2D eigenvalue weighted by Gasteiger charge is -2.07. The average Bonchev–Trinajstić information content (AvgIpc) is 2.46. The number of halogens is 1. The Morgan fingerprint density at radius 1 is 1.05 bits per heavy atom. The maximum absolute atomic E-state index is 11.9. The van der Waals surface area contributed by atoms with Crippen molar-refractivity contribution in [2.24, 2.45) is 0 Å². The maximum atomic E-state index is 11.9. The number of rotatable bonds is 5. The van der Waals surface area contributed by atoms with Gasteiger partial charge in [0.2, 0.25) is 5.78 Å². The van der Waals surface area contributed by atoms with E-state index in [4.69, 9.17) is 21.1 Å². The Hall–Kier alpha value is -2.00. The van der Waals surface area contributed by atoms with Gasteiger partial charge in [-0.3, -0.25) is 4.79 Å². The Morgan fingerprint density at radius 2 is 1.68 bits per heavy atom. The number of Topliss-reactive ketones (excluding diaryl/α,β-unsaturated/α-hetero) is 1. The van der Waals surface area contributed by atoms with Crippen LogP contribution in [0.25, 0.3) is 0 Å². The van der Waals surface area contributed by atoms with Crippen molar-refractivity contribution in [2.75, 3.05) is 13.7 Å². The number of carbonyl (C=O) groups is 1.